The highest BCUT2D eigenvalue weighted by molar-refractivity contribution is 5.48. The maximum atomic E-state index is 13.4. The largest absolute Gasteiger partial charge is 0.444 e. The number of ether oxygens (including phenoxy) is 1. The van der Waals surface area contributed by atoms with Gasteiger partial charge in [-0.15, -0.1) is 0 Å². The summed E-state index contributed by atoms with van der Waals surface area (Å²) in [6, 6.07) is 4.37. The number of nitro benzene ring substituents is 1. The molecule has 0 aliphatic heterocycles. The molecule has 0 fully saturated rings. The highest BCUT2D eigenvalue weighted by Crippen LogP contribution is 2.36. The summed E-state index contributed by atoms with van der Waals surface area (Å²) in [6.45, 7) is 0. The van der Waals surface area contributed by atoms with Gasteiger partial charge in [-0.25, -0.2) is 13.2 Å². The Morgan fingerprint density at radius 3 is 1.86 bits per heavy atom. The van der Waals surface area contributed by atoms with Crippen molar-refractivity contribution >= 4 is 5.69 Å². The van der Waals surface area contributed by atoms with Gasteiger partial charge in [0.15, 0.2) is 0 Å². The molecule has 21 heavy (non-hydrogen) atoms. The number of hydrogen-bond acceptors (Lipinski definition) is 3. The molecule has 2 aromatic carbocycles. The fourth-order valence-corrected chi connectivity index (χ4v) is 1.48. The van der Waals surface area contributed by atoms with E-state index in [0.717, 1.165) is 12.1 Å². The summed E-state index contributed by atoms with van der Waals surface area (Å²) in [7, 11) is 0. The van der Waals surface area contributed by atoms with Crippen LogP contribution in [0.25, 0.3) is 0 Å². The van der Waals surface area contributed by atoms with E-state index in [-0.39, 0.29) is 0 Å². The SMILES string of the molecule is O=[N+]([O-])c1ccccc1Oc1c(F)c(F)c(F)c(F)c1F. The lowest BCUT2D eigenvalue weighted by atomic mass is 10.2. The van der Waals surface area contributed by atoms with E-state index >= 15 is 0 Å². The zero-order valence-electron chi connectivity index (χ0n) is 9.87. The highest BCUT2D eigenvalue weighted by atomic mass is 19.2. The summed E-state index contributed by atoms with van der Waals surface area (Å²) in [6.07, 6.45) is 0. The van der Waals surface area contributed by atoms with E-state index in [9.17, 15) is 32.1 Å². The number of nitrogens with zero attached hydrogens (tertiary/aromatic N) is 1. The van der Waals surface area contributed by atoms with Gasteiger partial charge in [0.25, 0.3) is 0 Å². The Morgan fingerprint density at radius 2 is 1.33 bits per heavy atom. The second kappa shape index (κ2) is 5.35. The quantitative estimate of drug-likeness (QED) is 0.282. The van der Waals surface area contributed by atoms with Gasteiger partial charge in [-0.2, -0.15) is 8.78 Å². The Kier molecular flexibility index (Phi) is 3.74. The molecule has 0 aliphatic carbocycles. The van der Waals surface area contributed by atoms with Crippen LogP contribution in [0.1, 0.15) is 0 Å². The van der Waals surface area contributed by atoms with Gasteiger partial charge in [0.1, 0.15) is 0 Å². The van der Waals surface area contributed by atoms with Crippen LogP contribution in [0.3, 0.4) is 0 Å². The van der Waals surface area contributed by atoms with Crippen LogP contribution < -0.4 is 4.74 Å². The fraction of sp³-hybridized carbons (Fsp3) is 0. The van der Waals surface area contributed by atoms with Gasteiger partial charge in [0.2, 0.25) is 40.6 Å². The molecule has 0 unspecified atom stereocenters. The van der Waals surface area contributed by atoms with Crippen molar-refractivity contribution < 1.29 is 31.6 Å². The average Bonchev–Trinajstić information content (AvgIpc) is 2.48. The van der Waals surface area contributed by atoms with Gasteiger partial charge in [0, 0.05) is 6.07 Å². The molecule has 2 rings (SSSR count). The first-order chi connectivity index (χ1) is 9.84. The molecule has 0 saturated heterocycles. The first-order valence-electron chi connectivity index (χ1n) is 5.27. The lowest BCUT2D eigenvalue weighted by molar-refractivity contribution is -0.385. The molecule has 0 N–H and O–H groups in total. The molecule has 0 saturated carbocycles. The number of benzene rings is 2. The van der Waals surface area contributed by atoms with E-state index in [4.69, 9.17) is 0 Å². The molecule has 4 nitrogen and oxygen atoms in total. The second-order valence-corrected chi connectivity index (χ2v) is 3.73. The molecular formula is C12H4F5NO3. The third-order valence-corrected chi connectivity index (χ3v) is 2.44. The van der Waals surface area contributed by atoms with Crippen LogP contribution in [-0.4, -0.2) is 4.92 Å². The topological polar surface area (TPSA) is 52.4 Å². The van der Waals surface area contributed by atoms with E-state index in [1.807, 2.05) is 0 Å². The molecule has 0 radical (unpaired) electrons. The predicted octanol–water partition coefficient (Wildman–Crippen LogP) is 4.08. The molecule has 9 heteroatoms. The summed E-state index contributed by atoms with van der Waals surface area (Å²) >= 11 is 0. The van der Waals surface area contributed by atoms with Crippen molar-refractivity contribution in [3.05, 3.63) is 63.5 Å². The van der Waals surface area contributed by atoms with E-state index < -0.39 is 51.2 Å². The number of halogens is 5. The van der Waals surface area contributed by atoms with Crippen LogP contribution in [0.4, 0.5) is 27.6 Å². The molecule has 0 bridgehead atoms. The van der Waals surface area contributed by atoms with Crippen molar-refractivity contribution in [1.82, 2.24) is 0 Å². The van der Waals surface area contributed by atoms with Crippen LogP contribution in [0.2, 0.25) is 0 Å². The van der Waals surface area contributed by atoms with Gasteiger partial charge in [-0.1, -0.05) is 12.1 Å². The van der Waals surface area contributed by atoms with Crippen molar-refractivity contribution in [3.63, 3.8) is 0 Å². The summed E-state index contributed by atoms with van der Waals surface area (Å²) in [5.74, 6) is -13.5. The first kappa shape index (κ1) is 14.7. The number of hydrogen-bond donors (Lipinski definition) is 0. The minimum atomic E-state index is -2.35. The summed E-state index contributed by atoms with van der Waals surface area (Å²) in [5, 5.41) is 10.7. The maximum Gasteiger partial charge on any atom is 0.311 e. The van der Waals surface area contributed by atoms with Crippen molar-refractivity contribution in [2.24, 2.45) is 0 Å². The summed E-state index contributed by atoms with van der Waals surface area (Å²) in [4.78, 5) is 9.77. The van der Waals surface area contributed by atoms with E-state index in [1.54, 1.807) is 0 Å². The van der Waals surface area contributed by atoms with Crippen molar-refractivity contribution in [2.45, 2.75) is 0 Å². The van der Waals surface area contributed by atoms with Gasteiger partial charge in [-0.3, -0.25) is 10.1 Å². The second-order valence-electron chi connectivity index (χ2n) is 3.73. The van der Waals surface area contributed by atoms with Gasteiger partial charge in [0.05, 0.1) is 4.92 Å². The molecule has 0 amide bonds. The van der Waals surface area contributed by atoms with E-state index in [2.05, 4.69) is 4.74 Å². The monoisotopic (exact) mass is 305 g/mol. The standard InChI is InChI=1S/C12H4F5NO3/c13-7-8(14)10(16)12(11(17)9(7)15)21-6-4-2-1-3-5(6)18(19)20/h1-4H. The smallest absolute Gasteiger partial charge is 0.311 e. The Bertz CT molecular complexity index is 706. The van der Waals surface area contributed by atoms with Crippen LogP contribution >= 0.6 is 0 Å². The number of rotatable bonds is 3. The van der Waals surface area contributed by atoms with E-state index in [1.165, 1.54) is 12.1 Å². The van der Waals surface area contributed by atoms with Crippen LogP contribution in [0.15, 0.2) is 24.3 Å². The minimum absolute atomic E-state index is 0.661. The molecule has 0 aliphatic rings. The third kappa shape index (κ3) is 2.49. The Labute approximate surface area is 113 Å². The molecular weight excluding hydrogens is 301 g/mol. The van der Waals surface area contributed by atoms with Crippen LogP contribution in [0, 0.1) is 39.2 Å². The summed E-state index contributed by atoms with van der Waals surface area (Å²) < 4.78 is 70.2. The number of para-hydroxylation sites is 2. The van der Waals surface area contributed by atoms with Crippen molar-refractivity contribution in [2.75, 3.05) is 0 Å². The zero-order valence-corrected chi connectivity index (χ0v) is 9.87. The van der Waals surface area contributed by atoms with Crippen molar-refractivity contribution in [3.8, 4) is 11.5 Å². The lowest BCUT2D eigenvalue weighted by Crippen LogP contribution is -2.05. The van der Waals surface area contributed by atoms with E-state index in [0.29, 0.717) is 0 Å². The average molecular weight is 305 g/mol. The zero-order chi connectivity index (χ0) is 15.7. The van der Waals surface area contributed by atoms with Crippen LogP contribution in [0.5, 0.6) is 11.5 Å². The van der Waals surface area contributed by atoms with Crippen LogP contribution in [-0.2, 0) is 0 Å². The lowest BCUT2D eigenvalue weighted by Gasteiger charge is -2.09. The predicted molar refractivity (Wildman–Crippen MR) is 59.4 cm³/mol. The molecule has 110 valence electrons. The summed E-state index contributed by atoms with van der Waals surface area (Å²) in [5.41, 5.74) is -0.693. The molecule has 0 spiro atoms. The third-order valence-electron chi connectivity index (χ3n) is 2.44. The normalized spacial score (nSPS) is 10.5. The van der Waals surface area contributed by atoms with Gasteiger partial charge >= 0.3 is 5.69 Å². The Morgan fingerprint density at radius 1 is 0.857 bits per heavy atom. The Balaban J connectivity index is 2.58. The molecule has 0 heterocycles. The molecule has 0 atom stereocenters. The minimum Gasteiger partial charge on any atom is -0.444 e. The number of nitro groups is 1. The van der Waals surface area contributed by atoms with Gasteiger partial charge in [-0.05, 0) is 6.07 Å². The first-order valence-corrected chi connectivity index (χ1v) is 5.27. The van der Waals surface area contributed by atoms with Crippen molar-refractivity contribution in [1.29, 1.82) is 0 Å². The fourth-order valence-electron chi connectivity index (χ4n) is 1.48. The van der Waals surface area contributed by atoms with Gasteiger partial charge < -0.3 is 4.74 Å². The molecule has 0 aromatic heterocycles. The Hall–Kier alpha value is -2.71. The highest BCUT2D eigenvalue weighted by Gasteiger charge is 2.28. The maximum absolute atomic E-state index is 13.4. The molecule has 2 aromatic rings.